The first kappa shape index (κ1) is 35.5. The third kappa shape index (κ3) is 6.00. The molecule has 4 aliphatic rings. The molecular weight excluding hydrogens is 623 g/mol. The number of aliphatic hydroxyl groups is 1. The van der Waals surface area contributed by atoms with Crippen molar-refractivity contribution < 1.29 is 40.3 Å². The van der Waals surface area contributed by atoms with Crippen LogP contribution in [0.3, 0.4) is 0 Å². The number of hydrogen-bond donors (Lipinski definition) is 1. The van der Waals surface area contributed by atoms with Crippen LogP contribution in [-0.2, 0) is 14.6 Å². The van der Waals surface area contributed by atoms with E-state index in [0.29, 0.717) is 37.0 Å². The fourth-order valence-electron chi connectivity index (χ4n) is 10.1. The van der Waals surface area contributed by atoms with E-state index in [9.17, 15) is 31.5 Å². The highest BCUT2D eigenvalue weighted by Gasteiger charge is 2.79. The van der Waals surface area contributed by atoms with Gasteiger partial charge in [0.15, 0.2) is 15.6 Å². The van der Waals surface area contributed by atoms with Crippen molar-refractivity contribution in [3.63, 3.8) is 0 Å². The lowest BCUT2D eigenvalue weighted by Crippen LogP contribution is -2.66. The third-order valence-electron chi connectivity index (χ3n) is 12.8. The normalized spacial score (nSPS) is 34.9. The molecule has 1 N–H and O–H groups in total. The van der Waals surface area contributed by atoms with Gasteiger partial charge in [0.2, 0.25) is 0 Å². The number of fused-ring (bicyclic) bond motifs is 5. The largest absolute Gasteiger partial charge is 0.456 e. The maximum absolute atomic E-state index is 15.0. The van der Waals surface area contributed by atoms with Crippen LogP contribution in [0.25, 0.3) is 0 Å². The van der Waals surface area contributed by atoms with Crippen LogP contribution in [0.4, 0.5) is 22.0 Å². The van der Waals surface area contributed by atoms with Crippen LogP contribution >= 0.6 is 0 Å². The average molecular weight is 673 g/mol. The van der Waals surface area contributed by atoms with Crippen molar-refractivity contribution in [1.29, 1.82) is 0 Å². The Hall–Kier alpha value is -1.81. The van der Waals surface area contributed by atoms with Crippen LogP contribution in [0.1, 0.15) is 109 Å². The fourth-order valence-corrected chi connectivity index (χ4v) is 11.6. The molecule has 3 fully saturated rings. The molecule has 7 atom stereocenters. The summed E-state index contributed by atoms with van der Waals surface area (Å²) in [4.78, 5) is 12.8. The minimum absolute atomic E-state index is 0.0428. The Bertz CT molecular complexity index is 1440. The number of unbranched alkanes of at least 4 members (excludes halogenated alkanes) is 5. The molecular formula is C36H49F5O4S. The van der Waals surface area contributed by atoms with Gasteiger partial charge in [-0.05, 0) is 111 Å². The molecule has 0 aromatic heterocycles. The molecule has 4 nitrogen and oxygen atoms in total. The van der Waals surface area contributed by atoms with Gasteiger partial charge in [-0.3, -0.25) is 4.79 Å². The van der Waals surface area contributed by atoms with E-state index < -0.39 is 45.3 Å². The number of alkyl halides is 5. The van der Waals surface area contributed by atoms with Gasteiger partial charge in [-0.25, -0.2) is 8.42 Å². The lowest BCUT2D eigenvalue weighted by molar-refractivity contribution is -0.364. The van der Waals surface area contributed by atoms with Crippen molar-refractivity contribution >= 4 is 15.6 Å². The second-order valence-electron chi connectivity index (χ2n) is 15.3. The maximum Gasteiger partial charge on any atom is 0.456 e. The summed E-state index contributed by atoms with van der Waals surface area (Å²) in [5, 5.41) is 11.3. The predicted molar refractivity (Wildman–Crippen MR) is 167 cm³/mol. The molecule has 4 aliphatic carbocycles. The van der Waals surface area contributed by atoms with E-state index in [-0.39, 0.29) is 47.5 Å². The maximum atomic E-state index is 15.0. The van der Waals surface area contributed by atoms with Crippen LogP contribution < -0.4 is 0 Å². The summed E-state index contributed by atoms with van der Waals surface area (Å²) in [6, 6.07) is 6.93. The number of ketones is 1. The Labute approximate surface area is 270 Å². The smallest absolute Gasteiger partial charge is 0.383 e. The molecule has 0 amide bonds. The number of carbonyl (C=O) groups is 1. The van der Waals surface area contributed by atoms with Crippen molar-refractivity contribution in [1.82, 2.24) is 0 Å². The van der Waals surface area contributed by atoms with Crippen molar-refractivity contribution in [2.75, 3.05) is 5.75 Å². The Balaban J connectivity index is 1.24. The lowest BCUT2D eigenvalue weighted by atomic mass is 9.43. The number of hydrogen-bond acceptors (Lipinski definition) is 4. The molecule has 0 spiro atoms. The quantitative estimate of drug-likeness (QED) is 0.188. The van der Waals surface area contributed by atoms with E-state index in [1.165, 1.54) is 6.92 Å². The molecule has 3 saturated carbocycles. The van der Waals surface area contributed by atoms with Gasteiger partial charge in [-0.2, -0.15) is 22.0 Å². The van der Waals surface area contributed by atoms with Gasteiger partial charge < -0.3 is 5.11 Å². The first-order chi connectivity index (χ1) is 21.4. The van der Waals surface area contributed by atoms with Gasteiger partial charge in [0.1, 0.15) is 5.60 Å². The van der Waals surface area contributed by atoms with E-state index >= 15 is 8.78 Å². The zero-order valence-electron chi connectivity index (χ0n) is 27.3. The number of aryl methyl sites for hydroxylation is 1. The SMILES string of the molecule is Cc1cccc(S(=O)(=O)CCCCCCCCC2CC3=CC(=O)CC[C@]3(C)[C@@H]3CC[C@@]4(C)[C@@H](CCC4(O)C(F)(F)C(F)(F)F)[C@H]23)c1. The highest BCUT2D eigenvalue weighted by Crippen LogP contribution is 2.72. The average Bonchev–Trinajstić information content (AvgIpc) is 3.26. The van der Waals surface area contributed by atoms with Crippen molar-refractivity contribution in [3.05, 3.63) is 41.5 Å². The number of carbonyl (C=O) groups excluding carboxylic acids is 1. The molecule has 258 valence electrons. The van der Waals surface area contributed by atoms with E-state index in [1.807, 2.05) is 13.0 Å². The van der Waals surface area contributed by atoms with Gasteiger partial charge in [0.05, 0.1) is 10.6 Å². The van der Waals surface area contributed by atoms with Gasteiger partial charge >= 0.3 is 12.1 Å². The Morgan fingerprint density at radius 3 is 2.24 bits per heavy atom. The number of allylic oxidation sites excluding steroid dienone is 1. The van der Waals surface area contributed by atoms with E-state index in [2.05, 4.69) is 6.92 Å². The number of benzene rings is 1. The Morgan fingerprint density at radius 2 is 1.57 bits per heavy atom. The van der Waals surface area contributed by atoms with Crippen LogP contribution in [0.2, 0.25) is 0 Å². The molecule has 1 aromatic rings. The Kier molecular flexibility index (Phi) is 9.70. The summed E-state index contributed by atoms with van der Waals surface area (Å²) in [7, 11) is -3.32. The topological polar surface area (TPSA) is 71.4 Å². The Morgan fingerprint density at radius 1 is 0.913 bits per heavy atom. The first-order valence-electron chi connectivity index (χ1n) is 17.1. The summed E-state index contributed by atoms with van der Waals surface area (Å²) in [6.45, 7) is 5.48. The molecule has 46 heavy (non-hydrogen) atoms. The van der Waals surface area contributed by atoms with Crippen LogP contribution in [0, 0.1) is 41.4 Å². The van der Waals surface area contributed by atoms with Gasteiger partial charge in [0.25, 0.3) is 0 Å². The van der Waals surface area contributed by atoms with Crippen molar-refractivity contribution in [2.45, 2.75) is 133 Å². The minimum atomic E-state index is -5.83. The lowest BCUT2D eigenvalue weighted by Gasteiger charge is -2.62. The van der Waals surface area contributed by atoms with Crippen LogP contribution in [0.5, 0.6) is 0 Å². The number of sulfone groups is 1. The van der Waals surface area contributed by atoms with E-state index in [4.69, 9.17) is 0 Å². The van der Waals surface area contributed by atoms with Gasteiger partial charge in [-0.15, -0.1) is 0 Å². The second-order valence-corrected chi connectivity index (χ2v) is 17.4. The molecule has 5 rings (SSSR count). The predicted octanol–water partition coefficient (Wildman–Crippen LogP) is 9.19. The number of halogens is 5. The summed E-state index contributed by atoms with van der Waals surface area (Å²) in [6.07, 6.45) is 3.50. The molecule has 10 heteroatoms. The zero-order valence-corrected chi connectivity index (χ0v) is 28.1. The summed E-state index contributed by atoms with van der Waals surface area (Å²) in [5.41, 5.74) is -3.00. The van der Waals surface area contributed by atoms with Crippen molar-refractivity contribution in [3.8, 4) is 0 Å². The van der Waals surface area contributed by atoms with Crippen LogP contribution in [0.15, 0.2) is 40.8 Å². The van der Waals surface area contributed by atoms with Gasteiger partial charge in [-0.1, -0.05) is 63.7 Å². The summed E-state index contributed by atoms with van der Waals surface area (Å²) < 4.78 is 96.4. The summed E-state index contributed by atoms with van der Waals surface area (Å²) >= 11 is 0. The number of rotatable bonds is 11. The molecule has 0 saturated heterocycles. The standard InChI is InChI=1S/C36H49F5O4S/c1-24-11-10-13-28(21-24)46(44,45)20-9-7-5-4-6-8-12-25-22-26-23-27(42)14-17-32(26,2)29-15-18-33(3)30(31(25)29)16-19-34(33,43)35(37,38)36(39,40)41/h10-11,13,21,23,25,29-31,43H,4-9,12,14-20,22H2,1-3H3/t25?,29-,30+,31-,32+,33+,34?/m1/s1. The van der Waals surface area contributed by atoms with Gasteiger partial charge in [0, 0.05) is 11.8 Å². The molecule has 0 bridgehead atoms. The van der Waals surface area contributed by atoms with Crippen molar-refractivity contribution in [2.24, 2.45) is 34.5 Å². The molecule has 0 aliphatic heterocycles. The molecule has 0 heterocycles. The highest BCUT2D eigenvalue weighted by atomic mass is 32.2. The monoisotopic (exact) mass is 672 g/mol. The summed E-state index contributed by atoms with van der Waals surface area (Å²) in [5.74, 6) is -5.45. The molecule has 1 aromatic carbocycles. The second kappa shape index (κ2) is 12.6. The van der Waals surface area contributed by atoms with E-state index in [0.717, 1.165) is 49.7 Å². The minimum Gasteiger partial charge on any atom is -0.383 e. The first-order valence-corrected chi connectivity index (χ1v) is 18.7. The highest BCUT2D eigenvalue weighted by molar-refractivity contribution is 7.91. The van der Waals surface area contributed by atoms with E-state index in [1.54, 1.807) is 24.3 Å². The molecule has 0 radical (unpaired) electrons. The van der Waals surface area contributed by atoms with Crippen LogP contribution in [-0.4, -0.2) is 42.8 Å². The third-order valence-corrected chi connectivity index (χ3v) is 14.5. The zero-order chi connectivity index (χ0) is 33.8. The molecule has 2 unspecified atom stereocenters. The fraction of sp³-hybridized carbons (Fsp3) is 0.750.